The van der Waals surface area contributed by atoms with E-state index in [4.69, 9.17) is 10.9 Å². The standard InChI is InChI=1S/C12H21N5O2/c1-5-17-9(6-8(4)15-17)12(18)14-10(7(2)3)11(13)16-19/h6-7,10,19H,5H2,1-4H3,(H2,13,16)(H,14,18). The average molecular weight is 267 g/mol. The van der Waals surface area contributed by atoms with Crippen molar-refractivity contribution in [3.63, 3.8) is 0 Å². The number of nitrogens with one attached hydrogen (secondary N) is 1. The van der Waals surface area contributed by atoms with Gasteiger partial charge in [-0.2, -0.15) is 5.10 Å². The van der Waals surface area contributed by atoms with Crippen molar-refractivity contribution in [1.82, 2.24) is 15.1 Å². The minimum Gasteiger partial charge on any atom is -0.409 e. The van der Waals surface area contributed by atoms with E-state index in [1.165, 1.54) is 0 Å². The van der Waals surface area contributed by atoms with Crippen LogP contribution in [0, 0.1) is 12.8 Å². The summed E-state index contributed by atoms with van der Waals surface area (Å²) in [5.74, 6) is -0.283. The fraction of sp³-hybridized carbons (Fsp3) is 0.583. The van der Waals surface area contributed by atoms with Crippen LogP contribution in [0.5, 0.6) is 0 Å². The quantitative estimate of drug-likeness (QED) is 0.316. The lowest BCUT2D eigenvalue weighted by Gasteiger charge is -2.20. The van der Waals surface area contributed by atoms with Gasteiger partial charge in [-0.1, -0.05) is 19.0 Å². The van der Waals surface area contributed by atoms with Gasteiger partial charge in [0.2, 0.25) is 0 Å². The van der Waals surface area contributed by atoms with E-state index in [0.29, 0.717) is 12.2 Å². The van der Waals surface area contributed by atoms with Crippen LogP contribution in [-0.2, 0) is 6.54 Å². The number of carbonyl (C=O) groups is 1. The Morgan fingerprint density at radius 1 is 1.63 bits per heavy atom. The first kappa shape index (κ1) is 15.0. The maximum absolute atomic E-state index is 12.2. The maximum atomic E-state index is 12.2. The molecule has 0 aromatic carbocycles. The molecule has 106 valence electrons. The molecule has 0 saturated carbocycles. The third kappa shape index (κ3) is 3.46. The topological polar surface area (TPSA) is 106 Å². The molecule has 1 aromatic rings. The van der Waals surface area contributed by atoms with Gasteiger partial charge in [0.05, 0.1) is 11.7 Å². The van der Waals surface area contributed by atoms with Crippen molar-refractivity contribution in [3.8, 4) is 0 Å². The van der Waals surface area contributed by atoms with E-state index in [1.54, 1.807) is 10.7 Å². The molecule has 1 rings (SSSR count). The minimum absolute atomic E-state index is 0.0114. The predicted octanol–water partition coefficient (Wildman–Crippen LogP) is 0.712. The lowest BCUT2D eigenvalue weighted by Crippen LogP contribution is -2.48. The molecule has 1 amide bonds. The number of hydrogen-bond donors (Lipinski definition) is 3. The van der Waals surface area contributed by atoms with Crippen LogP contribution in [0.4, 0.5) is 0 Å². The molecule has 0 aliphatic heterocycles. The molecule has 1 unspecified atom stereocenters. The second-order valence-electron chi connectivity index (χ2n) is 4.71. The molecule has 0 radical (unpaired) electrons. The summed E-state index contributed by atoms with van der Waals surface area (Å²) in [6.45, 7) is 8.10. The zero-order valence-electron chi connectivity index (χ0n) is 11.7. The van der Waals surface area contributed by atoms with Crippen molar-refractivity contribution in [3.05, 3.63) is 17.5 Å². The highest BCUT2D eigenvalue weighted by atomic mass is 16.4. The van der Waals surface area contributed by atoms with Crippen molar-refractivity contribution in [2.75, 3.05) is 0 Å². The molecule has 1 heterocycles. The average Bonchev–Trinajstić information content (AvgIpc) is 2.75. The van der Waals surface area contributed by atoms with Crippen LogP contribution in [0.15, 0.2) is 11.2 Å². The summed E-state index contributed by atoms with van der Waals surface area (Å²) in [5, 5.41) is 18.7. The largest absolute Gasteiger partial charge is 0.409 e. The Labute approximate surface area is 112 Å². The number of carbonyl (C=O) groups excluding carboxylic acids is 1. The molecule has 0 spiro atoms. The van der Waals surface area contributed by atoms with Gasteiger partial charge in [0, 0.05) is 6.54 Å². The van der Waals surface area contributed by atoms with Crippen molar-refractivity contribution in [1.29, 1.82) is 0 Å². The lowest BCUT2D eigenvalue weighted by atomic mass is 10.0. The summed E-state index contributed by atoms with van der Waals surface area (Å²) in [7, 11) is 0. The molecule has 1 aromatic heterocycles. The highest BCUT2D eigenvalue weighted by molar-refractivity contribution is 5.97. The van der Waals surface area contributed by atoms with Crippen LogP contribution in [0.3, 0.4) is 0 Å². The highest BCUT2D eigenvalue weighted by Crippen LogP contribution is 2.07. The first-order valence-electron chi connectivity index (χ1n) is 6.23. The Balaban J connectivity index is 2.94. The van der Waals surface area contributed by atoms with E-state index in [1.807, 2.05) is 27.7 Å². The number of rotatable bonds is 5. The van der Waals surface area contributed by atoms with E-state index < -0.39 is 6.04 Å². The molecule has 19 heavy (non-hydrogen) atoms. The van der Waals surface area contributed by atoms with Crippen molar-refractivity contribution in [2.24, 2.45) is 16.8 Å². The number of nitrogens with two attached hydrogens (primary N) is 1. The monoisotopic (exact) mass is 267 g/mol. The number of amides is 1. The molecular formula is C12H21N5O2. The van der Waals surface area contributed by atoms with Gasteiger partial charge in [-0.05, 0) is 25.8 Å². The molecular weight excluding hydrogens is 246 g/mol. The van der Waals surface area contributed by atoms with Gasteiger partial charge in [0.1, 0.15) is 5.69 Å². The second-order valence-corrected chi connectivity index (χ2v) is 4.71. The highest BCUT2D eigenvalue weighted by Gasteiger charge is 2.23. The molecule has 7 heteroatoms. The minimum atomic E-state index is -0.516. The van der Waals surface area contributed by atoms with Gasteiger partial charge < -0.3 is 16.3 Å². The molecule has 0 saturated heterocycles. The fourth-order valence-electron chi connectivity index (χ4n) is 1.83. The number of aryl methyl sites for hydroxylation is 2. The van der Waals surface area contributed by atoms with Crippen molar-refractivity contribution >= 4 is 11.7 Å². The molecule has 4 N–H and O–H groups in total. The normalized spacial score (nSPS) is 13.6. The summed E-state index contributed by atoms with van der Waals surface area (Å²) in [5.41, 5.74) is 6.83. The SMILES string of the molecule is CCn1nc(C)cc1C(=O)NC(C(N)=NO)C(C)C. The van der Waals surface area contributed by atoms with Gasteiger partial charge in [0.25, 0.3) is 5.91 Å². The summed E-state index contributed by atoms with van der Waals surface area (Å²) >= 11 is 0. The number of hydrogen-bond acceptors (Lipinski definition) is 4. The number of nitrogens with zero attached hydrogens (tertiary/aromatic N) is 3. The zero-order chi connectivity index (χ0) is 14.6. The Morgan fingerprint density at radius 3 is 2.74 bits per heavy atom. The fourth-order valence-corrected chi connectivity index (χ4v) is 1.83. The van der Waals surface area contributed by atoms with Crippen molar-refractivity contribution < 1.29 is 10.0 Å². The Hall–Kier alpha value is -2.05. The van der Waals surface area contributed by atoms with E-state index in [0.717, 1.165) is 5.69 Å². The van der Waals surface area contributed by atoms with Crippen LogP contribution < -0.4 is 11.1 Å². The second kappa shape index (κ2) is 6.21. The van der Waals surface area contributed by atoms with Gasteiger partial charge >= 0.3 is 0 Å². The first-order valence-corrected chi connectivity index (χ1v) is 6.23. The molecule has 0 bridgehead atoms. The third-order valence-electron chi connectivity index (χ3n) is 2.82. The van der Waals surface area contributed by atoms with E-state index in [2.05, 4.69) is 15.6 Å². The summed E-state index contributed by atoms with van der Waals surface area (Å²) < 4.78 is 1.62. The first-order chi connectivity index (χ1) is 8.90. The molecule has 7 nitrogen and oxygen atoms in total. The van der Waals surface area contributed by atoms with E-state index >= 15 is 0 Å². The molecule has 0 aliphatic carbocycles. The third-order valence-corrected chi connectivity index (χ3v) is 2.82. The Kier molecular flexibility index (Phi) is 4.91. The van der Waals surface area contributed by atoms with Crippen molar-refractivity contribution in [2.45, 2.75) is 40.3 Å². The molecule has 0 aliphatic rings. The van der Waals surface area contributed by atoms with Crippen LogP contribution in [-0.4, -0.2) is 32.8 Å². The number of amidine groups is 1. The van der Waals surface area contributed by atoms with Crippen LogP contribution in [0.1, 0.15) is 37.0 Å². The zero-order valence-corrected chi connectivity index (χ0v) is 11.7. The lowest BCUT2D eigenvalue weighted by molar-refractivity contribution is 0.0928. The van der Waals surface area contributed by atoms with Crippen LogP contribution in [0.25, 0.3) is 0 Å². The number of aromatic nitrogens is 2. The number of oxime groups is 1. The van der Waals surface area contributed by atoms with Crippen LogP contribution in [0.2, 0.25) is 0 Å². The van der Waals surface area contributed by atoms with Gasteiger partial charge in [-0.3, -0.25) is 9.48 Å². The summed E-state index contributed by atoms with van der Waals surface area (Å²) in [6.07, 6.45) is 0. The Morgan fingerprint density at radius 2 is 2.26 bits per heavy atom. The van der Waals surface area contributed by atoms with Crippen LogP contribution >= 0.6 is 0 Å². The van der Waals surface area contributed by atoms with Gasteiger partial charge in [-0.25, -0.2) is 0 Å². The predicted molar refractivity (Wildman–Crippen MR) is 72.1 cm³/mol. The molecule has 1 atom stereocenters. The van der Waals surface area contributed by atoms with E-state index in [9.17, 15) is 4.79 Å². The maximum Gasteiger partial charge on any atom is 0.270 e. The smallest absolute Gasteiger partial charge is 0.270 e. The summed E-state index contributed by atoms with van der Waals surface area (Å²) in [6, 6.07) is 1.20. The molecule has 0 fully saturated rings. The van der Waals surface area contributed by atoms with Gasteiger partial charge in [0.15, 0.2) is 5.84 Å². The van der Waals surface area contributed by atoms with Gasteiger partial charge in [-0.15, -0.1) is 0 Å². The summed E-state index contributed by atoms with van der Waals surface area (Å²) in [4.78, 5) is 12.2. The Bertz CT molecular complexity index is 478. The van der Waals surface area contributed by atoms with E-state index in [-0.39, 0.29) is 17.7 Å².